The first kappa shape index (κ1) is 13.6. The smallest absolute Gasteiger partial charge is 0.206 e. The van der Waals surface area contributed by atoms with Crippen LogP contribution in [0.3, 0.4) is 0 Å². The molecule has 0 saturated carbocycles. The zero-order valence-corrected chi connectivity index (χ0v) is 11.3. The van der Waals surface area contributed by atoms with Crippen molar-refractivity contribution >= 4 is 22.9 Å². The number of aromatic nitrogens is 5. The molecule has 1 aliphatic rings. The number of fused-ring (bicyclic) bond motifs is 1. The van der Waals surface area contributed by atoms with Crippen molar-refractivity contribution in [3.05, 3.63) is 6.33 Å². The minimum atomic E-state index is -1.22. The first-order valence-corrected chi connectivity index (χ1v) is 7.12. The Bertz CT molecular complexity index is 623. The van der Waals surface area contributed by atoms with Gasteiger partial charge in [-0.05, 0) is 6.26 Å². The van der Waals surface area contributed by atoms with E-state index in [4.69, 9.17) is 9.84 Å². The molecule has 0 aromatic carbocycles. The third kappa shape index (κ3) is 2.05. The van der Waals surface area contributed by atoms with Gasteiger partial charge < -0.3 is 20.1 Å². The summed E-state index contributed by atoms with van der Waals surface area (Å²) in [6.07, 6.45) is -1.01. The molecular weight excluding hydrogens is 286 g/mol. The number of rotatable bonds is 3. The molecule has 3 heterocycles. The Morgan fingerprint density at radius 1 is 1.30 bits per heavy atom. The molecule has 2 aromatic heterocycles. The zero-order chi connectivity index (χ0) is 14.3. The standard InChI is InChI=1S/C10H13N5O4S/c1-20-9-5-8(11-3-12-9)14-15(13-5)10-7(18)6(17)4(2-16)19-10/h3-4,6-7,10,16-18H,2H2,1H3/t4-,6-,7-,10-/m1/s1. The molecule has 108 valence electrons. The number of nitrogens with zero attached hydrogens (tertiary/aromatic N) is 5. The number of aliphatic hydroxyl groups excluding tert-OH is 3. The summed E-state index contributed by atoms with van der Waals surface area (Å²) in [5.41, 5.74) is 0.875. The summed E-state index contributed by atoms with van der Waals surface area (Å²) in [6.45, 7) is -0.397. The lowest BCUT2D eigenvalue weighted by molar-refractivity contribution is -0.0650. The van der Waals surface area contributed by atoms with Crippen LogP contribution >= 0.6 is 11.8 Å². The average Bonchev–Trinajstić information content (AvgIpc) is 3.01. The second kappa shape index (κ2) is 5.22. The van der Waals surface area contributed by atoms with E-state index < -0.39 is 31.1 Å². The molecule has 3 N–H and O–H groups in total. The van der Waals surface area contributed by atoms with Crippen LogP contribution in [0.15, 0.2) is 11.4 Å². The van der Waals surface area contributed by atoms with E-state index in [9.17, 15) is 10.2 Å². The van der Waals surface area contributed by atoms with E-state index >= 15 is 0 Å². The molecule has 0 unspecified atom stereocenters. The molecule has 10 heteroatoms. The van der Waals surface area contributed by atoms with E-state index in [0.29, 0.717) is 16.2 Å². The second-order valence-electron chi connectivity index (χ2n) is 4.30. The number of ether oxygens (including phenoxy) is 1. The summed E-state index contributed by atoms with van der Waals surface area (Å²) >= 11 is 1.40. The van der Waals surface area contributed by atoms with Crippen LogP contribution < -0.4 is 0 Å². The summed E-state index contributed by atoms with van der Waals surface area (Å²) in [7, 11) is 0. The van der Waals surface area contributed by atoms with Crippen molar-refractivity contribution in [2.45, 2.75) is 29.6 Å². The van der Waals surface area contributed by atoms with Gasteiger partial charge in [0.1, 0.15) is 29.7 Å². The first-order chi connectivity index (χ1) is 9.65. The molecule has 9 nitrogen and oxygen atoms in total. The summed E-state index contributed by atoms with van der Waals surface area (Å²) in [5.74, 6) is 0. The molecule has 1 saturated heterocycles. The molecule has 3 rings (SSSR count). The number of thioether (sulfide) groups is 1. The van der Waals surface area contributed by atoms with Gasteiger partial charge in [0.05, 0.1) is 6.61 Å². The average molecular weight is 299 g/mol. The predicted octanol–water partition coefficient (Wildman–Crippen LogP) is -1.45. The molecule has 0 amide bonds. The van der Waals surface area contributed by atoms with Crippen LogP contribution in [0.2, 0.25) is 0 Å². The van der Waals surface area contributed by atoms with E-state index in [1.54, 1.807) is 0 Å². The van der Waals surface area contributed by atoms with Crippen LogP contribution in [0.1, 0.15) is 6.23 Å². The second-order valence-corrected chi connectivity index (χ2v) is 5.10. The van der Waals surface area contributed by atoms with Gasteiger partial charge in [0, 0.05) is 0 Å². The van der Waals surface area contributed by atoms with Gasteiger partial charge in [0.2, 0.25) is 5.65 Å². The van der Waals surface area contributed by atoms with Crippen LogP contribution in [-0.4, -0.2) is 71.5 Å². The van der Waals surface area contributed by atoms with Crippen LogP contribution in [0.25, 0.3) is 11.2 Å². The Morgan fingerprint density at radius 2 is 2.10 bits per heavy atom. The Labute approximate surface area is 117 Å². The molecule has 1 fully saturated rings. The summed E-state index contributed by atoms with van der Waals surface area (Å²) in [5, 5.41) is 37.7. The van der Waals surface area contributed by atoms with Gasteiger partial charge in [-0.3, -0.25) is 0 Å². The highest BCUT2D eigenvalue weighted by molar-refractivity contribution is 7.98. The Kier molecular flexibility index (Phi) is 3.56. The highest BCUT2D eigenvalue weighted by atomic mass is 32.2. The fourth-order valence-electron chi connectivity index (χ4n) is 2.07. The van der Waals surface area contributed by atoms with Gasteiger partial charge in [0.15, 0.2) is 11.7 Å². The maximum atomic E-state index is 9.94. The van der Waals surface area contributed by atoms with Crippen LogP contribution in [-0.2, 0) is 4.74 Å². The fourth-order valence-corrected chi connectivity index (χ4v) is 2.55. The minimum Gasteiger partial charge on any atom is -0.394 e. The van der Waals surface area contributed by atoms with Crippen molar-refractivity contribution in [3.8, 4) is 0 Å². The van der Waals surface area contributed by atoms with Gasteiger partial charge in [0.25, 0.3) is 0 Å². The third-order valence-corrected chi connectivity index (χ3v) is 3.79. The van der Waals surface area contributed by atoms with Gasteiger partial charge in [-0.15, -0.1) is 26.8 Å². The zero-order valence-electron chi connectivity index (χ0n) is 10.5. The van der Waals surface area contributed by atoms with Crippen molar-refractivity contribution in [3.63, 3.8) is 0 Å². The van der Waals surface area contributed by atoms with Crippen molar-refractivity contribution in [1.82, 2.24) is 25.0 Å². The van der Waals surface area contributed by atoms with Gasteiger partial charge >= 0.3 is 0 Å². The summed E-state index contributed by atoms with van der Waals surface area (Å²) in [6, 6.07) is 0. The van der Waals surface area contributed by atoms with Gasteiger partial charge in [-0.1, -0.05) is 0 Å². The fraction of sp³-hybridized carbons (Fsp3) is 0.600. The topological polar surface area (TPSA) is 126 Å². The highest BCUT2D eigenvalue weighted by Crippen LogP contribution is 2.29. The van der Waals surface area contributed by atoms with Gasteiger partial charge in [-0.2, -0.15) is 0 Å². The molecule has 0 radical (unpaired) electrons. The van der Waals surface area contributed by atoms with Crippen LogP contribution in [0.5, 0.6) is 0 Å². The van der Waals surface area contributed by atoms with Crippen molar-refractivity contribution < 1.29 is 20.1 Å². The normalized spacial score (nSPS) is 30.2. The summed E-state index contributed by atoms with van der Waals surface area (Å²) < 4.78 is 5.36. The van der Waals surface area contributed by atoms with E-state index in [0.717, 1.165) is 4.80 Å². The molecule has 20 heavy (non-hydrogen) atoms. The molecule has 4 atom stereocenters. The van der Waals surface area contributed by atoms with Crippen LogP contribution in [0.4, 0.5) is 0 Å². The highest BCUT2D eigenvalue weighted by Gasteiger charge is 2.44. The lowest BCUT2D eigenvalue weighted by atomic mass is 10.1. The lowest BCUT2D eigenvalue weighted by Gasteiger charge is -2.12. The minimum absolute atomic E-state index is 0.377. The summed E-state index contributed by atoms with van der Waals surface area (Å²) in [4.78, 5) is 9.23. The Hall–Kier alpha value is -1.33. The van der Waals surface area contributed by atoms with E-state index in [2.05, 4.69) is 20.2 Å². The van der Waals surface area contributed by atoms with E-state index in [-0.39, 0.29) is 0 Å². The molecule has 0 aliphatic carbocycles. The number of aliphatic hydroxyl groups is 3. The lowest BCUT2D eigenvalue weighted by Crippen LogP contribution is -2.33. The number of hydrogen-bond donors (Lipinski definition) is 3. The molecule has 1 aliphatic heterocycles. The first-order valence-electron chi connectivity index (χ1n) is 5.89. The third-order valence-electron chi connectivity index (χ3n) is 3.11. The molecule has 0 bridgehead atoms. The van der Waals surface area contributed by atoms with Crippen molar-refractivity contribution in [1.29, 1.82) is 0 Å². The molecule has 2 aromatic rings. The van der Waals surface area contributed by atoms with Crippen molar-refractivity contribution in [2.24, 2.45) is 0 Å². The SMILES string of the molecule is CSc1ncnc2nn([C@@H]3O[C@H](CO)[C@@H](O)[C@H]3O)nc12. The molecular formula is C10H13N5O4S. The Balaban J connectivity index is 1.99. The van der Waals surface area contributed by atoms with Gasteiger partial charge in [-0.25, -0.2) is 9.97 Å². The monoisotopic (exact) mass is 299 g/mol. The van der Waals surface area contributed by atoms with E-state index in [1.807, 2.05) is 6.26 Å². The quantitative estimate of drug-likeness (QED) is 0.461. The van der Waals surface area contributed by atoms with Crippen LogP contribution in [0, 0.1) is 0 Å². The molecule has 0 spiro atoms. The largest absolute Gasteiger partial charge is 0.394 e. The van der Waals surface area contributed by atoms with E-state index in [1.165, 1.54) is 18.1 Å². The maximum Gasteiger partial charge on any atom is 0.206 e. The maximum absolute atomic E-state index is 9.94. The Morgan fingerprint density at radius 3 is 2.75 bits per heavy atom. The number of hydrogen-bond acceptors (Lipinski definition) is 9. The van der Waals surface area contributed by atoms with Crippen molar-refractivity contribution in [2.75, 3.05) is 12.9 Å². The predicted molar refractivity (Wildman–Crippen MR) is 67.9 cm³/mol.